The van der Waals surface area contributed by atoms with E-state index in [1.54, 1.807) is 0 Å². The summed E-state index contributed by atoms with van der Waals surface area (Å²) in [6, 6.07) is 11.5. The molecular formula is C17H24N2. The fraction of sp³-hybridized carbons (Fsp3) is 0.588. The Kier molecular flexibility index (Phi) is 4.99. The molecule has 0 radical (unpaired) electrons. The van der Waals surface area contributed by atoms with Gasteiger partial charge in [0.05, 0.1) is 12.0 Å². The maximum atomic E-state index is 9.43. The van der Waals surface area contributed by atoms with Crippen LogP contribution in [0.25, 0.3) is 0 Å². The van der Waals surface area contributed by atoms with E-state index in [1.165, 1.54) is 24.0 Å². The quantitative estimate of drug-likeness (QED) is 0.802. The molecule has 2 unspecified atom stereocenters. The molecule has 0 saturated carbocycles. The first-order valence-electron chi connectivity index (χ1n) is 7.51. The molecule has 102 valence electrons. The van der Waals surface area contributed by atoms with E-state index in [-0.39, 0.29) is 5.92 Å². The lowest BCUT2D eigenvalue weighted by Gasteiger charge is -2.36. The van der Waals surface area contributed by atoms with E-state index in [2.05, 4.69) is 49.1 Å². The van der Waals surface area contributed by atoms with Crippen molar-refractivity contribution in [3.63, 3.8) is 0 Å². The van der Waals surface area contributed by atoms with Crippen LogP contribution in [0.5, 0.6) is 0 Å². The molecule has 1 aromatic carbocycles. The second kappa shape index (κ2) is 6.73. The van der Waals surface area contributed by atoms with Gasteiger partial charge in [0, 0.05) is 6.04 Å². The maximum absolute atomic E-state index is 9.43. The van der Waals surface area contributed by atoms with Crippen molar-refractivity contribution in [2.75, 3.05) is 13.1 Å². The highest BCUT2D eigenvalue weighted by molar-refractivity contribution is 5.37. The molecule has 0 N–H and O–H groups in total. The van der Waals surface area contributed by atoms with E-state index >= 15 is 0 Å². The van der Waals surface area contributed by atoms with Gasteiger partial charge in [0.1, 0.15) is 0 Å². The van der Waals surface area contributed by atoms with Gasteiger partial charge in [-0.15, -0.1) is 0 Å². The highest BCUT2D eigenvalue weighted by Gasteiger charge is 2.29. The first-order chi connectivity index (χ1) is 9.30. The summed E-state index contributed by atoms with van der Waals surface area (Å²) in [5.41, 5.74) is 2.64. The topological polar surface area (TPSA) is 27.0 Å². The fourth-order valence-corrected chi connectivity index (χ4v) is 3.25. The van der Waals surface area contributed by atoms with Gasteiger partial charge in [0.15, 0.2) is 0 Å². The van der Waals surface area contributed by atoms with Crippen LogP contribution < -0.4 is 0 Å². The van der Waals surface area contributed by atoms with E-state index in [9.17, 15) is 5.26 Å². The van der Waals surface area contributed by atoms with Crippen molar-refractivity contribution >= 4 is 0 Å². The molecule has 1 aromatic rings. The molecule has 19 heavy (non-hydrogen) atoms. The first kappa shape index (κ1) is 14.1. The number of nitrogens with zero attached hydrogens (tertiary/aromatic N) is 2. The fourth-order valence-electron chi connectivity index (χ4n) is 3.25. The molecule has 0 bridgehead atoms. The molecular weight excluding hydrogens is 232 g/mol. The summed E-state index contributed by atoms with van der Waals surface area (Å²) >= 11 is 0. The maximum Gasteiger partial charge on any atom is 0.0730 e. The van der Waals surface area contributed by atoms with Gasteiger partial charge < -0.3 is 4.90 Å². The molecule has 2 heteroatoms. The highest BCUT2D eigenvalue weighted by Crippen LogP contribution is 2.33. The van der Waals surface area contributed by atoms with Crippen molar-refractivity contribution in [2.45, 2.75) is 51.5 Å². The number of benzene rings is 1. The predicted octanol–water partition coefficient (Wildman–Crippen LogP) is 3.73. The zero-order chi connectivity index (χ0) is 13.7. The molecule has 0 aromatic heterocycles. The molecule has 1 aliphatic rings. The van der Waals surface area contributed by atoms with Crippen LogP contribution in [0.4, 0.5) is 0 Å². The van der Waals surface area contributed by atoms with Crippen LogP contribution in [-0.4, -0.2) is 24.0 Å². The second-order valence-corrected chi connectivity index (χ2v) is 5.51. The lowest BCUT2D eigenvalue weighted by molar-refractivity contribution is 0.176. The Hall–Kier alpha value is -1.33. The van der Waals surface area contributed by atoms with Gasteiger partial charge in [0.25, 0.3) is 0 Å². The summed E-state index contributed by atoms with van der Waals surface area (Å²) in [5, 5.41) is 9.43. The van der Waals surface area contributed by atoms with Gasteiger partial charge in [-0.05, 0) is 49.9 Å². The van der Waals surface area contributed by atoms with Gasteiger partial charge in [0.2, 0.25) is 0 Å². The Morgan fingerprint density at radius 2 is 1.89 bits per heavy atom. The highest BCUT2D eigenvalue weighted by atomic mass is 15.1. The zero-order valence-corrected chi connectivity index (χ0v) is 12.1. The van der Waals surface area contributed by atoms with Crippen LogP contribution >= 0.6 is 0 Å². The van der Waals surface area contributed by atoms with Crippen LogP contribution in [-0.2, 0) is 6.42 Å². The molecule has 0 fully saturated rings. The monoisotopic (exact) mass is 256 g/mol. The van der Waals surface area contributed by atoms with E-state index in [1.807, 2.05) is 0 Å². The van der Waals surface area contributed by atoms with Crippen molar-refractivity contribution in [2.24, 2.45) is 0 Å². The van der Waals surface area contributed by atoms with Crippen LogP contribution in [0.1, 0.15) is 50.2 Å². The molecule has 2 nitrogen and oxygen atoms in total. The van der Waals surface area contributed by atoms with Crippen molar-refractivity contribution < 1.29 is 0 Å². The minimum Gasteiger partial charge on any atom is -0.300 e. The van der Waals surface area contributed by atoms with Crippen LogP contribution in [0.15, 0.2) is 24.3 Å². The number of rotatable bonds is 5. The minimum atomic E-state index is 0.0752. The molecule has 0 saturated heterocycles. The molecule has 0 heterocycles. The molecule has 0 aliphatic heterocycles. The van der Waals surface area contributed by atoms with E-state index in [0.29, 0.717) is 6.04 Å². The normalized spacial score (nSPS) is 22.0. The number of hydrogen-bond donors (Lipinski definition) is 0. The Labute approximate surface area is 117 Å². The largest absolute Gasteiger partial charge is 0.300 e. The third-order valence-corrected chi connectivity index (χ3v) is 4.09. The number of fused-ring (bicyclic) bond motifs is 1. The number of hydrogen-bond acceptors (Lipinski definition) is 2. The van der Waals surface area contributed by atoms with Crippen molar-refractivity contribution in [3.05, 3.63) is 35.4 Å². The molecule has 0 spiro atoms. The summed E-state index contributed by atoms with van der Waals surface area (Å²) in [6.45, 7) is 6.78. The predicted molar refractivity (Wildman–Crippen MR) is 79.1 cm³/mol. The average Bonchev–Trinajstić information content (AvgIpc) is 2.46. The van der Waals surface area contributed by atoms with Crippen LogP contribution in [0.3, 0.4) is 0 Å². The Morgan fingerprint density at radius 1 is 1.21 bits per heavy atom. The second-order valence-electron chi connectivity index (χ2n) is 5.51. The summed E-state index contributed by atoms with van der Waals surface area (Å²) in [6.07, 6.45) is 4.48. The summed E-state index contributed by atoms with van der Waals surface area (Å²) in [7, 11) is 0. The third kappa shape index (κ3) is 3.16. The SMILES string of the molecule is CCCN(CCC)C1Cc2ccccc2C(C#N)C1. The van der Waals surface area contributed by atoms with Gasteiger partial charge >= 0.3 is 0 Å². The van der Waals surface area contributed by atoms with E-state index in [0.717, 1.165) is 25.9 Å². The van der Waals surface area contributed by atoms with Crippen LogP contribution in [0.2, 0.25) is 0 Å². The smallest absolute Gasteiger partial charge is 0.0730 e. The van der Waals surface area contributed by atoms with Gasteiger partial charge in [-0.3, -0.25) is 0 Å². The van der Waals surface area contributed by atoms with Crippen molar-refractivity contribution in [3.8, 4) is 6.07 Å². The van der Waals surface area contributed by atoms with Crippen LogP contribution in [0, 0.1) is 11.3 Å². The van der Waals surface area contributed by atoms with Gasteiger partial charge in [-0.1, -0.05) is 38.1 Å². The standard InChI is InChI=1S/C17H24N2/c1-3-9-19(10-4-2)16-11-14-7-5-6-8-17(14)15(12-16)13-18/h5-8,15-16H,3-4,9-12H2,1-2H3. The molecule has 2 atom stereocenters. The lowest BCUT2D eigenvalue weighted by atomic mass is 9.80. The summed E-state index contributed by atoms with van der Waals surface area (Å²) in [5.74, 6) is 0.0752. The Balaban J connectivity index is 2.20. The summed E-state index contributed by atoms with van der Waals surface area (Å²) in [4.78, 5) is 2.58. The minimum absolute atomic E-state index is 0.0752. The Morgan fingerprint density at radius 3 is 2.53 bits per heavy atom. The average molecular weight is 256 g/mol. The van der Waals surface area contributed by atoms with Crippen molar-refractivity contribution in [1.82, 2.24) is 4.90 Å². The molecule has 1 aliphatic carbocycles. The van der Waals surface area contributed by atoms with Gasteiger partial charge in [-0.2, -0.15) is 5.26 Å². The molecule has 0 amide bonds. The number of nitriles is 1. The van der Waals surface area contributed by atoms with Crippen molar-refractivity contribution in [1.29, 1.82) is 5.26 Å². The third-order valence-electron chi connectivity index (χ3n) is 4.09. The molecule has 2 rings (SSSR count). The Bertz CT molecular complexity index is 441. The van der Waals surface area contributed by atoms with E-state index < -0.39 is 0 Å². The zero-order valence-electron chi connectivity index (χ0n) is 12.1. The first-order valence-corrected chi connectivity index (χ1v) is 7.51. The lowest BCUT2D eigenvalue weighted by Crippen LogP contribution is -2.41. The van der Waals surface area contributed by atoms with E-state index in [4.69, 9.17) is 0 Å². The summed E-state index contributed by atoms with van der Waals surface area (Å²) < 4.78 is 0. The van der Waals surface area contributed by atoms with Gasteiger partial charge in [-0.25, -0.2) is 0 Å².